The van der Waals surface area contributed by atoms with Gasteiger partial charge in [0.25, 0.3) is 0 Å². The molecule has 1 amide bonds. The van der Waals surface area contributed by atoms with Crippen molar-refractivity contribution in [3.63, 3.8) is 0 Å². The lowest BCUT2D eigenvalue weighted by molar-refractivity contribution is -0.121. The first-order valence-electron chi connectivity index (χ1n) is 5.28. The van der Waals surface area contributed by atoms with Crippen molar-refractivity contribution >= 4 is 23.2 Å². The molecule has 0 atom stereocenters. The molecule has 0 unspecified atom stereocenters. The summed E-state index contributed by atoms with van der Waals surface area (Å²) in [6.45, 7) is 6.42. The van der Waals surface area contributed by atoms with Crippen molar-refractivity contribution in [3.05, 3.63) is 29.3 Å². The lowest BCUT2D eigenvalue weighted by atomic mass is 10.0. The van der Waals surface area contributed by atoms with Gasteiger partial charge in [-0.05, 0) is 44.7 Å². The summed E-state index contributed by atoms with van der Waals surface area (Å²) in [5.74, 6) is -0.0586. The van der Waals surface area contributed by atoms with Crippen LogP contribution in [0.1, 0.15) is 20.8 Å². The SMILES string of the molecule is CCNC(C)(C)C(=O)Nc1ccc(Cl)cc1. The van der Waals surface area contributed by atoms with E-state index in [1.807, 2.05) is 20.8 Å². The second kappa shape index (κ2) is 5.32. The Bertz CT molecular complexity index is 360. The molecule has 0 fully saturated rings. The van der Waals surface area contributed by atoms with Gasteiger partial charge in [0.2, 0.25) is 5.91 Å². The summed E-state index contributed by atoms with van der Waals surface area (Å²) in [5.41, 5.74) is 0.175. The molecule has 0 heterocycles. The number of likely N-dealkylation sites (N-methyl/N-ethyl adjacent to an activating group) is 1. The monoisotopic (exact) mass is 240 g/mol. The largest absolute Gasteiger partial charge is 0.325 e. The number of benzene rings is 1. The number of anilines is 1. The molecule has 1 rings (SSSR count). The van der Waals surface area contributed by atoms with Gasteiger partial charge in [0, 0.05) is 10.7 Å². The Kier molecular flexibility index (Phi) is 4.33. The molecule has 1 aromatic carbocycles. The number of halogens is 1. The van der Waals surface area contributed by atoms with E-state index in [1.165, 1.54) is 0 Å². The molecule has 0 saturated carbocycles. The zero-order chi connectivity index (χ0) is 12.2. The maximum atomic E-state index is 11.9. The molecule has 0 aliphatic rings. The molecule has 0 spiro atoms. The zero-order valence-corrected chi connectivity index (χ0v) is 10.6. The highest BCUT2D eigenvalue weighted by molar-refractivity contribution is 6.30. The van der Waals surface area contributed by atoms with Crippen LogP contribution in [-0.2, 0) is 4.79 Å². The average molecular weight is 241 g/mol. The molecular weight excluding hydrogens is 224 g/mol. The van der Waals surface area contributed by atoms with E-state index in [9.17, 15) is 4.79 Å². The first-order chi connectivity index (χ1) is 7.45. The van der Waals surface area contributed by atoms with Crippen LogP contribution in [0.4, 0.5) is 5.69 Å². The van der Waals surface area contributed by atoms with Crippen LogP contribution in [0, 0.1) is 0 Å². The summed E-state index contributed by atoms with van der Waals surface area (Å²) in [5, 5.41) is 6.61. The second-order valence-corrected chi connectivity index (χ2v) is 4.55. The van der Waals surface area contributed by atoms with Gasteiger partial charge in [0.05, 0.1) is 5.54 Å². The molecule has 0 aliphatic heterocycles. The topological polar surface area (TPSA) is 41.1 Å². The molecule has 4 heteroatoms. The predicted octanol–water partition coefficient (Wildman–Crippen LogP) is 2.67. The molecule has 0 bridgehead atoms. The molecule has 2 N–H and O–H groups in total. The first-order valence-corrected chi connectivity index (χ1v) is 5.65. The van der Waals surface area contributed by atoms with E-state index in [1.54, 1.807) is 24.3 Å². The second-order valence-electron chi connectivity index (χ2n) is 4.12. The molecular formula is C12H17ClN2O. The van der Waals surface area contributed by atoms with Crippen molar-refractivity contribution < 1.29 is 4.79 Å². The molecule has 88 valence electrons. The summed E-state index contributed by atoms with van der Waals surface area (Å²) in [6, 6.07) is 7.05. The number of carbonyl (C=O) groups excluding carboxylic acids is 1. The van der Waals surface area contributed by atoms with Gasteiger partial charge in [-0.15, -0.1) is 0 Å². The molecule has 1 aromatic rings. The summed E-state index contributed by atoms with van der Waals surface area (Å²) < 4.78 is 0. The first kappa shape index (κ1) is 13.0. The number of hydrogen-bond donors (Lipinski definition) is 2. The van der Waals surface area contributed by atoms with Crippen molar-refractivity contribution in [2.45, 2.75) is 26.3 Å². The quantitative estimate of drug-likeness (QED) is 0.850. The average Bonchev–Trinajstić information content (AvgIpc) is 2.21. The standard InChI is InChI=1S/C12H17ClN2O/c1-4-14-12(2,3)11(16)15-10-7-5-9(13)6-8-10/h5-8,14H,4H2,1-3H3,(H,15,16). The van der Waals surface area contributed by atoms with Crippen molar-refractivity contribution in [1.29, 1.82) is 0 Å². The van der Waals surface area contributed by atoms with Gasteiger partial charge in [-0.2, -0.15) is 0 Å². The highest BCUT2D eigenvalue weighted by atomic mass is 35.5. The van der Waals surface area contributed by atoms with Crippen LogP contribution in [0.5, 0.6) is 0 Å². The van der Waals surface area contributed by atoms with Gasteiger partial charge in [0.1, 0.15) is 0 Å². The Labute approximate surface area is 101 Å². The lowest BCUT2D eigenvalue weighted by Gasteiger charge is -2.24. The van der Waals surface area contributed by atoms with E-state index in [-0.39, 0.29) is 5.91 Å². The van der Waals surface area contributed by atoms with Crippen LogP contribution in [0.2, 0.25) is 5.02 Å². The summed E-state index contributed by atoms with van der Waals surface area (Å²) in [6.07, 6.45) is 0. The minimum absolute atomic E-state index is 0.0586. The van der Waals surface area contributed by atoms with Gasteiger partial charge in [-0.1, -0.05) is 18.5 Å². The van der Waals surface area contributed by atoms with Crippen molar-refractivity contribution in [1.82, 2.24) is 5.32 Å². The molecule has 0 aromatic heterocycles. The van der Waals surface area contributed by atoms with E-state index < -0.39 is 5.54 Å². The molecule has 0 aliphatic carbocycles. The summed E-state index contributed by atoms with van der Waals surface area (Å²) >= 11 is 5.76. The van der Waals surface area contributed by atoms with Gasteiger partial charge in [0.15, 0.2) is 0 Å². The summed E-state index contributed by atoms with van der Waals surface area (Å²) in [7, 11) is 0. The van der Waals surface area contributed by atoms with E-state index >= 15 is 0 Å². The highest BCUT2D eigenvalue weighted by Gasteiger charge is 2.25. The summed E-state index contributed by atoms with van der Waals surface area (Å²) in [4.78, 5) is 11.9. The Morgan fingerprint density at radius 1 is 1.31 bits per heavy atom. The highest BCUT2D eigenvalue weighted by Crippen LogP contribution is 2.15. The van der Waals surface area contributed by atoms with Crippen LogP contribution in [0.3, 0.4) is 0 Å². The van der Waals surface area contributed by atoms with Gasteiger partial charge < -0.3 is 10.6 Å². The number of rotatable bonds is 4. The number of amides is 1. The van der Waals surface area contributed by atoms with E-state index in [0.717, 1.165) is 12.2 Å². The smallest absolute Gasteiger partial charge is 0.244 e. The minimum Gasteiger partial charge on any atom is -0.325 e. The van der Waals surface area contributed by atoms with Crippen molar-refractivity contribution in [3.8, 4) is 0 Å². The molecule has 0 saturated heterocycles. The normalized spacial score (nSPS) is 11.2. The van der Waals surface area contributed by atoms with Crippen LogP contribution in [0.15, 0.2) is 24.3 Å². The third kappa shape index (κ3) is 3.51. The van der Waals surface area contributed by atoms with Crippen molar-refractivity contribution in [2.75, 3.05) is 11.9 Å². The third-order valence-corrected chi connectivity index (χ3v) is 2.54. The lowest BCUT2D eigenvalue weighted by Crippen LogP contribution is -2.49. The van der Waals surface area contributed by atoms with Crippen LogP contribution in [0.25, 0.3) is 0 Å². The fraction of sp³-hybridized carbons (Fsp3) is 0.417. The van der Waals surface area contributed by atoms with Crippen molar-refractivity contribution in [2.24, 2.45) is 0 Å². The van der Waals surface area contributed by atoms with Crippen LogP contribution in [-0.4, -0.2) is 18.0 Å². The van der Waals surface area contributed by atoms with E-state index in [0.29, 0.717) is 5.02 Å². The fourth-order valence-electron chi connectivity index (χ4n) is 1.34. The Morgan fingerprint density at radius 3 is 2.38 bits per heavy atom. The van der Waals surface area contributed by atoms with Crippen LogP contribution >= 0.6 is 11.6 Å². The number of carbonyl (C=O) groups is 1. The Hall–Kier alpha value is -1.06. The Morgan fingerprint density at radius 2 is 1.88 bits per heavy atom. The Balaban J connectivity index is 2.67. The fourth-order valence-corrected chi connectivity index (χ4v) is 1.47. The van der Waals surface area contributed by atoms with Crippen LogP contribution < -0.4 is 10.6 Å². The van der Waals surface area contributed by atoms with E-state index in [2.05, 4.69) is 10.6 Å². The molecule has 3 nitrogen and oxygen atoms in total. The van der Waals surface area contributed by atoms with Gasteiger partial charge in [-0.25, -0.2) is 0 Å². The maximum Gasteiger partial charge on any atom is 0.244 e. The zero-order valence-electron chi connectivity index (χ0n) is 9.80. The predicted molar refractivity (Wildman–Crippen MR) is 67.8 cm³/mol. The molecule has 0 radical (unpaired) electrons. The minimum atomic E-state index is -0.575. The third-order valence-electron chi connectivity index (χ3n) is 2.29. The number of nitrogens with one attached hydrogen (secondary N) is 2. The van der Waals surface area contributed by atoms with Gasteiger partial charge >= 0.3 is 0 Å². The molecule has 16 heavy (non-hydrogen) atoms. The number of hydrogen-bond acceptors (Lipinski definition) is 2. The van der Waals surface area contributed by atoms with E-state index in [4.69, 9.17) is 11.6 Å². The van der Waals surface area contributed by atoms with Gasteiger partial charge in [-0.3, -0.25) is 4.79 Å². The maximum absolute atomic E-state index is 11.9.